The van der Waals surface area contributed by atoms with Gasteiger partial charge >= 0.3 is 0 Å². The van der Waals surface area contributed by atoms with E-state index in [1.165, 1.54) is 11.6 Å². The molecule has 1 atom stereocenters. The summed E-state index contributed by atoms with van der Waals surface area (Å²) in [5.74, 6) is -0.178. The number of nitriles is 1. The number of nitrogens with zero attached hydrogens (tertiary/aromatic N) is 2. The second kappa shape index (κ2) is 5.58. The lowest BCUT2D eigenvalue weighted by Crippen LogP contribution is -2.38. The number of nitrogens with one attached hydrogen (secondary N) is 1. The first-order valence-corrected chi connectivity index (χ1v) is 6.71. The second-order valence-corrected chi connectivity index (χ2v) is 5.31. The van der Waals surface area contributed by atoms with Crippen LogP contribution in [0.5, 0.6) is 0 Å². The Bertz CT molecular complexity index is 495. The molecular formula is C15H20FN3. The van der Waals surface area contributed by atoms with E-state index in [0.29, 0.717) is 0 Å². The van der Waals surface area contributed by atoms with Gasteiger partial charge in [-0.15, -0.1) is 0 Å². The predicted molar refractivity (Wildman–Crippen MR) is 74.6 cm³/mol. The third-order valence-corrected chi connectivity index (χ3v) is 3.94. The maximum Gasteiger partial charge on any atom is 0.125 e. The highest BCUT2D eigenvalue weighted by Crippen LogP contribution is 2.29. The van der Waals surface area contributed by atoms with Gasteiger partial charge in [0, 0.05) is 18.8 Å². The number of benzene rings is 1. The molecule has 102 valence electrons. The van der Waals surface area contributed by atoms with Crippen molar-refractivity contribution in [1.29, 1.82) is 5.26 Å². The maximum absolute atomic E-state index is 13.3. The maximum atomic E-state index is 13.3. The van der Waals surface area contributed by atoms with Crippen molar-refractivity contribution in [3.05, 3.63) is 29.6 Å². The molecule has 0 saturated carbocycles. The number of hydrogen-bond acceptors (Lipinski definition) is 3. The number of anilines is 1. The summed E-state index contributed by atoms with van der Waals surface area (Å²) in [5, 5.41) is 12.1. The van der Waals surface area contributed by atoms with Crippen LogP contribution in [0.2, 0.25) is 0 Å². The summed E-state index contributed by atoms with van der Waals surface area (Å²) >= 11 is 0. The van der Waals surface area contributed by atoms with Crippen LogP contribution in [0, 0.1) is 17.1 Å². The zero-order chi connectivity index (χ0) is 13.9. The molecule has 1 aromatic carbocycles. The molecule has 1 N–H and O–H groups in total. The van der Waals surface area contributed by atoms with Gasteiger partial charge in [0.05, 0.1) is 6.07 Å². The Morgan fingerprint density at radius 2 is 2.32 bits per heavy atom. The highest BCUT2D eigenvalue weighted by Gasteiger charge is 2.23. The number of rotatable bonds is 5. The molecule has 0 amide bonds. The highest BCUT2D eigenvalue weighted by molar-refractivity contribution is 5.58. The Kier molecular flexibility index (Phi) is 4.06. The molecule has 0 saturated heterocycles. The fraction of sp³-hybridized carbons (Fsp3) is 0.533. The van der Waals surface area contributed by atoms with Crippen molar-refractivity contribution in [3.63, 3.8) is 0 Å². The van der Waals surface area contributed by atoms with Crippen molar-refractivity contribution in [2.45, 2.75) is 31.7 Å². The summed E-state index contributed by atoms with van der Waals surface area (Å²) in [6.45, 7) is 3.72. The molecule has 4 heteroatoms. The normalized spacial score (nSPS) is 16.8. The Morgan fingerprint density at radius 1 is 1.53 bits per heavy atom. The molecule has 0 aliphatic carbocycles. The predicted octanol–water partition coefficient (Wildman–Crippen LogP) is 2.47. The van der Waals surface area contributed by atoms with Gasteiger partial charge in [-0.25, -0.2) is 4.39 Å². The van der Waals surface area contributed by atoms with Crippen molar-refractivity contribution < 1.29 is 4.39 Å². The summed E-state index contributed by atoms with van der Waals surface area (Å²) < 4.78 is 13.3. The van der Waals surface area contributed by atoms with E-state index < -0.39 is 5.54 Å². The standard InChI is InChI=1S/C15H20FN3/c1-15(11-17,18-2)7-3-8-19-9-6-12-4-5-13(16)10-14(12)19/h4-5,10,18H,3,6-9H2,1-2H3. The first kappa shape index (κ1) is 13.8. The van der Waals surface area contributed by atoms with E-state index >= 15 is 0 Å². The molecule has 1 aliphatic heterocycles. The molecule has 1 heterocycles. The molecule has 0 fully saturated rings. The first-order chi connectivity index (χ1) is 9.08. The van der Waals surface area contributed by atoms with Gasteiger partial charge in [-0.2, -0.15) is 5.26 Å². The summed E-state index contributed by atoms with van der Waals surface area (Å²) in [5.41, 5.74) is 1.77. The number of hydrogen-bond donors (Lipinski definition) is 1. The monoisotopic (exact) mass is 261 g/mol. The van der Waals surface area contributed by atoms with E-state index in [-0.39, 0.29) is 5.82 Å². The van der Waals surface area contributed by atoms with Gasteiger partial charge in [0.15, 0.2) is 0 Å². The van der Waals surface area contributed by atoms with Crippen LogP contribution in [0.3, 0.4) is 0 Å². The van der Waals surface area contributed by atoms with E-state index in [9.17, 15) is 4.39 Å². The van der Waals surface area contributed by atoms with Crippen LogP contribution in [0.25, 0.3) is 0 Å². The van der Waals surface area contributed by atoms with Crippen LogP contribution in [0.4, 0.5) is 10.1 Å². The third kappa shape index (κ3) is 3.05. The minimum absolute atomic E-state index is 0.178. The Balaban J connectivity index is 1.93. The Hall–Kier alpha value is -1.60. The molecular weight excluding hydrogens is 241 g/mol. The molecule has 1 aromatic rings. The lowest BCUT2D eigenvalue weighted by molar-refractivity contribution is 0.441. The number of fused-ring (bicyclic) bond motifs is 1. The summed E-state index contributed by atoms with van der Waals surface area (Å²) in [4.78, 5) is 2.21. The molecule has 1 aliphatic rings. The fourth-order valence-corrected chi connectivity index (χ4v) is 2.51. The molecule has 1 unspecified atom stereocenters. The average Bonchev–Trinajstić information content (AvgIpc) is 2.81. The number of halogens is 1. The smallest absolute Gasteiger partial charge is 0.125 e. The van der Waals surface area contributed by atoms with E-state index in [2.05, 4.69) is 16.3 Å². The van der Waals surface area contributed by atoms with Gasteiger partial charge in [0.2, 0.25) is 0 Å². The molecule has 0 bridgehead atoms. The van der Waals surface area contributed by atoms with Crippen molar-refractivity contribution in [2.75, 3.05) is 25.0 Å². The lowest BCUT2D eigenvalue weighted by Gasteiger charge is -2.24. The van der Waals surface area contributed by atoms with Crippen LogP contribution < -0.4 is 10.2 Å². The largest absolute Gasteiger partial charge is 0.371 e. The van der Waals surface area contributed by atoms with Gasteiger partial charge in [-0.3, -0.25) is 0 Å². The molecule has 0 aromatic heterocycles. The van der Waals surface area contributed by atoms with Gasteiger partial charge in [-0.1, -0.05) is 6.07 Å². The Morgan fingerprint density at radius 3 is 3.00 bits per heavy atom. The van der Waals surface area contributed by atoms with Crippen molar-refractivity contribution in [2.24, 2.45) is 0 Å². The van der Waals surface area contributed by atoms with Gasteiger partial charge in [-0.05, 0) is 50.9 Å². The molecule has 0 spiro atoms. The van der Waals surface area contributed by atoms with E-state index in [4.69, 9.17) is 5.26 Å². The van der Waals surface area contributed by atoms with E-state index in [1.54, 1.807) is 6.07 Å². The fourth-order valence-electron chi connectivity index (χ4n) is 2.51. The molecule has 0 radical (unpaired) electrons. The Labute approximate surface area is 114 Å². The molecule has 3 nitrogen and oxygen atoms in total. The van der Waals surface area contributed by atoms with Crippen LogP contribution >= 0.6 is 0 Å². The minimum Gasteiger partial charge on any atom is -0.371 e. The van der Waals surface area contributed by atoms with Crippen LogP contribution in [-0.4, -0.2) is 25.7 Å². The van der Waals surface area contributed by atoms with Crippen molar-refractivity contribution in [1.82, 2.24) is 5.32 Å². The van der Waals surface area contributed by atoms with Gasteiger partial charge < -0.3 is 10.2 Å². The average molecular weight is 261 g/mol. The van der Waals surface area contributed by atoms with E-state index in [1.807, 2.05) is 20.0 Å². The SMILES string of the molecule is CNC(C)(C#N)CCCN1CCc2ccc(F)cc21. The van der Waals surface area contributed by atoms with Crippen molar-refractivity contribution >= 4 is 5.69 Å². The van der Waals surface area contributed by atoms with Crippen LogP contribution in [0.15, 0.2) is 18.2 Å². The highest BCUT2D eigenvalue weighted by atomic mass is 19.1. The van der Waals surface area contributed by atoms with Crippen molar-refractivity contribution in [3.8, 4) is 6.07 Å². The first-order valence-electron chi connectivity index (χ1n) is 6.71. The summed E-state index contributed by atoms with van der Waals surface area (Å²) in [6, 6.07) is 7.30. The second-order valence-electron chi connectivity index (χ2n) is 5.31. The quantitative estimate of drug-likeness (QED) is 0.885. The third-order valence-electron chi connectivity index (χ3n) is 3.94. The zero-order valence-corrected chi connectivity index (χ0v) is 11.5. The van der Waals surface area contributed by atoms with Gasteiger partial charge in [0.1, 0.15) is 11.4 Å². The lowest BCUT2D eigenvalue weighted by atomic mass is 9.98. The topological polar surface area (TPSA) is 39.1 Å². The van der Waals surface area contributed by atoms with Crippen LogP contribution in [-0.2, 0) is 6.42 Å². The van der Waals surface area contributed by atoms with E-state index in [0.717, 1.165) is 38.0 Å². The minimum atomic E-state index is -0.468. The summed E-state index contributed by atoms with van der Waals surface area (Å²) in [6.07, 6.45) is 2.69. The summed E-state index contributed by atoms with van der Waals surface area (Å²) in [7, 11) is 1.81. The zero-order valence-electron chi connectivity index (χ0n) is 11.5. The van der Waals surface area contributed by atoms with Crippen LogP contribution in [0.1, 0.15) is 25.3 Å². The van der Waals surface area contributed by atoms with Gasteiger partial charge in [0.25, 0.3) is 0 Å². The molecule has 19 heavy (non-hydrogen) atoms. The molecule has 2 rings (SSSR count).